The van der Waals surface area contributed by atoms with Gasteiger partial charge < -0.3 is 4.74 Å². The van der Waals surface area contributed by atoms with Crippen molar-refractivity contribution >= 4 is 15.8 Å². The van der Waals surface area contributed by atoms with E-state index in [0.717, 1.165) is 11.3 Å². The molecule has 3 heterocycles. The summed E-state index contributed by atoms with van der Waals surface area (Å²) in [5, 5.41) is 0. The van der Waals surface area contributed by atoms with E-state index >= 15 is 0 Å². The number of anilines is 1. The van der Waals surface area contributed by atoms with E-state index in [1.165, 1.54) is 10.5 Å². The molecule has 7 nitrogen and oxygen atoms in total. The summed E-state index contributed by atoms with van der Waals surface area (Å²) in [6.07, 6.45) is 3.15. The highest BCUT2D eigenvalue weighted by atomic mass is 32.2. The summed E-state index contributed by atoms with van der Waals surface area (Å²) in [6.45, 7) is 0.451. The van der Waals surface area contributed by atoms with Crippen molar-refractivity contribution in [1.82, 2.24) is 15.0 Å². The van der Waals surface area contributed by atoms with Crippen molar-refractivity contribution in [3.05, 3.63) is 72.2 Å². The number of benzene rings is 1. The maximum absolute atomic E-state index is 12.7. The summed E-state index contributed by atoms with van der Waals surface area (Å²) in [5.41, 5.74) is 1.48. The van der Waals surface area contributed by atoms with Gasteiger partial charge in [-0.3, -0.25) is 4.98 Å². The van der Waals surface area contributed by atoms with Crippen molar-refractivity contribution < 1.29 is 13.2 Å². The van der Waals surface area contributed by atoms with Crippen molar-refractivity contribution in [2.24, 2.45) is 0 Å². The van der Waals surface area contributed by atoms with Gasteiger partial charge in [0, 0.05) is 18.5 Å². The lowest BCUT2D eigenvalue weighted by molar-refractivity contribution is 0.276. The smallest absolute Gasteiger partial charge is 0.318 e. The van der Waals surface area contributed by atoms with Gasteiger partial charge in [0.1, 0.15) is 12.4 Å². The number of hydrogen-bond donors (Lipinski definition) is 0. The van der Waals surface area contributed by atoms with E-state index < -0.39 is 10.0 Å². The van der Waals surface area contributed by atoms with E-state index in [4.69, 9.17) is 4.74 Å². The van der Waals surface area contributed by atoms with Gasteiger partial charge in [0.15, 0.2) is 0 Å². The van der Waals surface area contributed by atoms with Crippen LogP contribution in [0.5, 0.6) is 6.01 Å². The average molecular weight is 354 g/mol. The fourth-order valence-corrected chi connectivity index (χ4v) is 4.22. The molecule has 0 saturated carbocycles. The van der Waals surface area contributed by atoms with Crippen LogP contribution in [0.4, 0.5) is 5.82 Å². The molecule has 0 bridgehead atoms. The minimum absolute atomic E-state index is 0.106. The molecule has 0 spiro atoms. The van der Waals surface area contributed by atoms with Crippen molar-refractivity contribution in [3.63, 3.8) is 0 Å². The molecule has 0 aliphatic carbocycles. The van der Waals surface area contributed by atoms with Gasteiger partial charge in [0.05, 0.1) is 17.1 Å². The fraction of sp³-hybridized carbons (Fsp3) is 0.118. The van der Waals surface area contributed by atoms with Crippen LogP contribution in [0.3, 0.4) is 0 Å². The third-order valence-corrected chi connectivity index (χ3v) is 5.65. The monoisotopic (exact) mass is 354 g/mol. The molecule has 126 valence electrons. The van der Waals surface area contributed by atoms with Gasteiger partial charge in [-0.05, 0) is 23.8 Å². The molecule has 0 unspecified atom stereocenters. The summed E-state index contributed by atoms with van der Waals surface area (Å²) in [4.78, 5) is 12.7. The van der Waals surface area contributed by atoms with Gasteiger partial charge >= 0.3 is 6.01 Å². The lowest BCUT2D eigenvalue weighted by atomic mass is 10.2. The number of fused-ring (bicyclic) bond motifs is 1. The van der Waals surface area contributed by atoms with Crippen LogP contribution in [-0.4, -0.2) is 23.4 Å². The largest absolute Gasteiger partial charge is 0.457 e. The molecule has 0 atom stereocenters. The van der Waals surface area contributed by atoms with Crippen molar-refractivity contribution in [2.45, 2.75) is 18.0 Å². The minimum atomic E-state index is -3.61. The Hall–Kier alpha value is -3.00. The van der Waals surface area contributed by atoms with Crippen LogP contribution in [0, 0.1) is 0 Å². The highest BCUT2D eigenvalue weighted by Crippen LogP contribution is 2.33. The van der Waals surface area contributed by atoms with Crippen molar-refractivity contribution in [3.8, 4) is 6.01 Å². The number of pyridine rings is 1. The Morgan fingerprint density at radius 3 is 2.64 bits per heavy atom. The Bertz CT molecular complexity index is 1010. The maximum Gasteiger partial charge on any atom is 0.318 e. The molecule has 8 heteroatoms. The normalized spacial score (nSPS) is 15.0. The van der Waals surface area contributed by atoms with Crippen LogP contribution in [-0.2, 0) is 23.2 Å². The number of hydrogen-bond acceptors (Lipinski definition) is 6. The van der Waals surface area contributed by atoms with Gasteiger partial charge in [-0.25, -0.2) is 17.7 Å². The lowest BCUT2D eigenvalue weighted by Crippen LogP contribution is -2.24. The molecular formula is C17H14N4O3S. The van der Waals surface area contributed by atoms with Crippen LogP contribution in [0.25, 0.3) is 0 Å². The number of sulfonamides is 1. The van der Waals surface area contributed by atoms with Gasteiger partial charge in [-0.1, -0.05) is 24.3 Å². The van der Waals surface area contributed by atoms with E-state index in [1.807, 2.05) is 24.3 Å². The Morgan fingerprint density at radius 1 is 1.00 bits per heavy atom. The Balaban J connectivity index is 1.58. The SMILES string of the molecule is O=S1(=O)c2ccccc2CN1c1ccnc(OCc2ccccn2)n1. The van der Waals surface area contributed by atoms with Gasteiger partial charge in [-0.2, -0.15) is 4.98 Å². The van der Waals surface area contributed by atoms with E-state index in [1.54, 1.807) is 30.5 Å². The van der Waals surface area contributed by atoms with Gasteiger partial charge in [0.2, 0.25) is 0 Å². The first-order chi connectivity index (χ1) is 12.1. The predicted molar refractivity (Wildman–Crippen MR) is 90.4 cm³/mol. The zero-order valence-electron chi connectivity index (χ0n) is 13.1. The van der Waals surface area contributed by atoms with Crippen LogP contribution >= 0.6 is 0 Å². The second-order valence-corrected chi connectivity index (χ2v) is 7.26. The number of rotatable bonds is 4. The number of ether oxygens (including phenoxy) is 1. The lowest BCUT2D eigenvalue weighted by Gasteiger charge is -2.16. The van der Waals surface area contributed by atoms with E-state index in [9.17, 15) is 8.42 Å². The molecule has 25 heavy (non-hydrogen) atoms. The van der Waals surface area contributed by atoms with Crippen molar-refractivity contribution in [2.75, 3.05) is 4.31 Å². The first kappa shape index (κ1) is 15.5. The Kier molecular flexibility index (Phi) is 3.81. The molecule has 0 fully saturated rings. The molecule has 0 amide bonds. The summed E-state index contributed by atoms with van der Waals surface area (Å²) >= 11 is 0. The Morgan fingerprint density at radius 2 is 1.84 bits per heavy atom. The third-order valence-electron chi connectivity index (χ3n) is 3.80. The van der Waals surface area contributed by atoms with Gasteiger partial charge in [-0.15, -0.1) is 0 Å². The summed E-state index contributed by atoms with van der Waals surface area (Å²) < 4.78 is 32.2. The fourth-order valence-electron chi connectivity index (χ4n) is 2.61. The van der Waals surface area contributed by atoms with Crippen molar-refractivity contribution in [1.29, 1.82) is 0 Å². The van der Waals surface area contributed by atoms with E-state index in [2.05, 4.69) is 15.0 Å². The minimum Gasteiger partial charge on any atom is -0.457 e. The highest BCUT2D eigenvalue weighted by molar-refractivity contribution is 7.93. The van der Waals surface area contributed by atoms with Gasteiger partial charge in [0.25, 0.3) is 10.0 Å². The average Bonchev–Trinajstić information content (AvgIpc) is 2.92. The zero-order chi connectivity index (χ0) is 17.3. The van der Waals surface area contributed by atoms with Crippen LogP contribution in [0.1, 0.15) is 11.3 Å². The zero-order valence-corrected chi connectivity index (χ0v) is 13.9. The van der Waals surface area contributed by atoms with E-state index in [0.29, 0.717) is 4.90 Å². The second kappa shape index (κ2) is 6.14. The summed E-state index contributed by atoms with van der Waals surface area (Å²) in [5.74, 6) is 0.280. The standard InChI is InChI=1S/C17H14N4O3S/c22-25(23)15-7-2-1-5-13(15)11-21(25)16-8-10-19-17(20-16)24-12-14-6-3-4-9-18-14/h1-10H,11-12H2. The molecule has 0 saturated heterocycles. The third kappa shape index (κ3) is 2.91. The molecule has 2 aromatic heterocycles. The Labute approximate surface area is 145 Å². The highest BCUT2D eigenvalue weighted by Gasteiger charge is 2.35. The summed E-state index contributed by atoms with van der Waals surface area (Å²) in [7, 11) is -3.61. The predicted octanol–water partition coefficient (Wildman–Crippen LogP) is 2.16. The van der Waals surface area contributed by atoms with Crippen LogP contribution < -0.4 is 9.04 Å². The maximum atomic E-state index is 12.7. The number of aromatic nitrogens is 3. The van der Waals surface area contributed by atoms with Crippen LogP contribution in [0.15, 0.2) is 65.8 Å². The second-order valence-electron chi connectivity index (χ2n) is 5.43. The molecule has 0 radical (unpaired) electrons. The molecule has 1 aliphatic heterocycles. The number of nitrogens with zero attached hydrogens (tertiary/aromatic N) is 4. The molecular weight excluding hydrogens is 340 g/mol. The molecule has 0 N–H and O–H groups in total. The molecule has 1 aromatic carbocycles. The summed E-state index contributed by atoms with van der Waals surface area (Å²) in [6, 6.07) is 14.1. The molecule has 1 aliphatic rings. The van der Waals surface area contributed by atoms with Crippen LogP contribution in [0.2, 0.25) is 0 Å². The topological polar surface area (TPSA) is 85.3 Å². The first-order valence-corrected chi connectivity index (χ1v) is 9.05. The quantitative estimate of drug-likeness (QED) is 0.714. The molecule has 4 rings (SSSR count). The molecule has 3 aromatic rings. The first-order valence-electron chi connectivity index (χ1n) is 7.61. The van der Waals surface area contributed by atoms with E-state index in [-0.39, 0.29) is 25.0 Å².